The Morgan fingerprint density at radius 1 is 1.27 bits per heavy atom. The lowest BCUT2D eigenvalue weighted by Crippen LogP contribution is -2.27. The number of nitrogens with zero attached hydrogens (tertiary/aromatic N) is 3. The number of aliphatic hydroxyl groups is 1. The van der Waals surface area contributed by atoms with Crippen molar-refractivity contribution in [3.05, 3.63) is 58.7 Å². The number of rotatable bonds is 5. The van der Waals surface area contributed by atoms with Gasteiger partial charge in [0.2, 0.25) is 5.91 Å². The summed E-state index contributed by atoms with van der Waals surface area (Å²) in [6.45, 7) is 1.89. The highest BCUT2D eigenvalue weighted by Gasteiger charge is 2.58. The van der Waals surface area contributed by atoms with Crippen molar-refractivity contribution in [3.8, 4) is 0 Å². The molecule has 0 bridgehead atoms. The van der Waals surface area contributed by atoms with E-state index < -0.39 is 35.4 Å². The summed E-state index contributed by atoms with van der Waals surface area (Å²) in [6, 6.07) is 6.81. The number of nitrogens with one attached hydrogen (secondary N) is 1. The van der Waals surface area contributed by atoms with Crippen molar-refractivity contribution in [2.75, 3.05) is 23.9 Å². The highest BCUT2D eigenvalue weighted by molar-refractivity contribution is 6.12. The van der Waals surface area contributed by atoms with E-state index in [1.807, 2.05) is 12.1 Å². The second-order valence-electron chi connectivity index (χ2n) is 8.89. The van der Waals surface area contributed by atoms with Crippen LogP contribution in [0.25, 0.3) is 10.9 Å². The molecule has 1 atom stereocenters. The van der Waals surface area contributed by atoms with Crippen LogP contribution in [0.2, 0.25) is 0 Å². The minimum absolute atomic E-state index is 0.0276. The number of alkyl halides is 2. The quantitative estimate of drug-likeness (QED) is 0.597. The van der Waals surface area contributed by atoms with Gasteiger partial charge in [0.1, 0.15) is 24.1 Å². The number of carbonyl (C=O) groups is 1. The molecule has 1 aromatic heterocycles. The average molecular weight is 456 g/mol. The van der Waals surface area contributed by atoms with Crippen LogP contribution in [0, 0.1) is 12.7 Å². The Bertz CT molecular complexity index is 1310. The molecule has 2 aliphatic rings. The van der Waals surface area contributed by atoms with Crippen molar-refractivity contribution in [1.82, 2.24) is 9.97 Å². The number of halogens is 3. The van der Waals surface area contributed by atoms with E-state index in [2.05, 4.69) is 15.3 Å². The zero-order chi connectivity index (χ0) is 23.7. The van der Waals surface area contributed by atoms with Gasteiger partial charge >= 0.3 is 0 Å². The molecule has 1 saturated carbocycles. The summed E-state index contributed by atoms with van der Waals surface area (Å²) in [6.07, 6.45) is 1.58. The van der Waals surface area contributed by atoms with Crippen LogP contribution in [0.3, 0.4) is 0 Å². The molecule has 2 aromatic carbocycles. The van der Waals surface area contributed by atoms with E-state index in [9.17, 15) is 18.0 Å². The van der Waals surface area contributed by atoms with Gasteiger partial charge in [-0.1, -0.05) is 12.1 Å². The molecule has 1 fully saturated rings. The van der Waals surface area contributed by atoms with Crippen LogP contribution >= 0.6 is 0 Å². The smallest absolute Gasteiger partial charge is 0.298 e. The maximum Gasteiger partial charge on any atom is 0.298 e. The highest BCUT2D eigenvalue weighted by atomic mass is 19.3. The standard InChI is InChI=1S/C24H23F3N4O2/c1-12(14-5-4-6-16(20(14)25)24(26,27)11-32)28-21-15-9-17-19(10-18(15)29-13(2)30-21)31(3)22(33)23(17)7-8-23/h4-6,9-10,12,32H,7-8,11H2,1-3H3,(H,28,29,30). The third-order valence-electron chi connectivity index (χ3n) is 6.71. The molecule has 0 saturated heterocycles. The van der Waals surface area contributed by atoms with E-state index in [1.54, 1.807) is 25.8 Å². The van der Waals surface area contributed by atoms with Crippen LogP contribution in [0.4, 0.5) is 24.7 Å². The zero-order valence-corrected chi connectivity index (χ0v) is 18.4. The molecule has 6 nitrogen and oxygen atoms in total. The number of aromatic nitrogens is 2. The van der Waals surface area contributed by atoms with Gasteiger partial charge in [-0.15, -0.1) is 0 Å². The number of aliphatic hydroxyl groups excluding tert-OH is 1. The molecular weight excluding hydrogens is 433 g/mol. The van der Waals surface area contributed by atoms with Gasteiger partial charge in [0.15, 0.2) is 0 Å². The largest absolute Gasteiger partial charge is 0.390 e. The first-order valence-corrected chi connectivity index (χ1v) is 10.7. The number of carbonyl (C=O) groups excluding carboxylic acids is 1. The lowest BCUT2D eigenvalue weighted by atomic mass is 9.96. The monoisotopic (exact) mass is 456 g/mol. The normalized spacial score (nSPS) is 17.5. The first kappa shape index (κ1) is 21.6. The summed E-state index contributed by atoms with van der Waals surface area (Å²) in [5.41, 5.74) is 1.08. The lowest BCUT2D eigenvalue weighted by Gasteiger charge is -2.21. The van der Waals surface area contributed by atoms with Crippen molar-refractivity contribution < 1.29 is 23.1 Å². The van der Waals surface area contributed by atoms with Crippen molar-refractivity contribution in [1.29, 1.82) is 0 Å². The maximum atomic E-state index is 15.0. The van der Waals surface area contributed by atoms with Crippen LogP contribution in [0.15, 0.2) is 30.3 Å². The average Bonchev–Trinajstić information content (AvgIpc) is 3.55. The molecule has 5 rings (SSSR count). The van der Waals surface area contributed by atoms with Gasteiger partial charge in [-0.3, -0.25) is 4.79 Å². The Hall–Kier alpha value is -3.20. The molecular formula is C24H23F3N4O2. The van der Waals surface area contributed by atoms with E-state index in [1.165, 1.54) is 12.1 Å². The van der Waals surface area contributed by atoms with Crippen LogP contribution in [-0.4, -0.2) is 34.6 Å². The second-order valence-corrected chi connectivity index (χ2v) is 8.89. The van der Waals surface area contributed by atoms with Gasteiger partial charge in [0, 0.05) is 23.7 Å². The summed E-state index contributed by atoms with van der Waals surface area (Å²) in [4.78, 5) is 23.4. The van der Waals surface area contributed by atoms with Crippen molar-refractivity contribution in [3.63, 3.8) is 0 Å². The number of amides is 1. The molecule has 33 heavy (non-hydrogen) atoms. The minimum Gasteiger partial charge on any atom is -0.390 e. The summed E-state index contributed by atoms with van der Waals surface area (Å²) in [5, 5.41) is 12.8. The van der Waals surface area contributed by atoms with E-state index in [0.717, 1.165) is 30.2 Å². The Kier molecular flexibility index (Phi) is 4.69. The molecule has 1 amide bonds. The zero-order valence-electron chi connectivity index (χ0n) is 18.4. The first-order valence-electron chi connectivity index (χ1n) is 10.7. The Labute approximate surface area is 188 Å². The molecule has 172 valence electrons. The number of anilines is 2. The van der Waals surface area contributed by atoms with Crippen LogP contribution in [0.1, 0.15) is 48.3 Å². The Balaban J connectivity index is 1.58. The summed E-state index contributed by atoms with van der Waals surface area (Å²) >= 11 is 0. The fourth-order valence-electron chi connectivity index (χ4n) is 4.74. The minimum atomic E-state index is -3.68. The molecule has 2 N–H and O–H groups in total. The van der Waals surface area contributed by atoms with Gasteiger partial charge < -0.3 is 15.3 Å². The molecule has 1 aliphatic heterocycles. The van der Waals surface area contributed by atoms with Gasteiger partial charge in [-0.05, 0) is 50.5 Å². The van der Waals surface area contributed by atoms with Gasteiger partial charge in [0.25, 0.3) is 5.92 Å². The Morgan fingerprint density at radius 2 is 2.00 bits per heavy atom. The SMILES string of the molecule is Cc1nc(NC(C)c2cccc(C(F)(F)CO)c2F)c2cc3c(cc2n1)N(C)C(=O)C31CC1. The van der Waals surface area contributed by atoms with Crippen LogP contribution in [-0.2, 0) is 16.1 Å². The number of hydrogen-bond donors (Lipinski definition) is 2. The molecule has 1 aliphatic carbocycles. The second kappa shape index (κ2) is 7.15. The third kappa shape index (κ3) is 3.17. The molecule has 1 unspecified atom stereocenters. The molecule has 2 heterocycles. The summed E-state index contributed by atoms with van der Waals surface area (Å²) in [5.74, 6) is -3.77. The number of fused-ring (bicyclic) bond motifs is 3. The molecule has 1 spiro atoms. The van der Waals surface area contributed by atoms with Crippen LogP contribution in [0.5, 0.6) is 0 Å². The predicted molar refractivity (Wildman–Crippen MR) is 118 cm³/mol. The van der Waals surface area contributed by atoms with Crippen LogP contribution < -0.4 is 10.2 Å². The maximum absolute atomic E-state index is 15.0. The van der Waals surface area contributed by atoms with E-state index >= 15 is 0 Å². The number of likely N-dealkylation sites (N-methyl/N-ethyl adjacent to an activating group) is 1. The Morgan fingerprint density at radius 3 is 2.67 bits per heavy atom. The number of benzene rings is 2. The lowest BCUT2D eigenvalue weighted by molar-refractivity contribution is -0.119. The number of hydrogen-bond acceptors (Lipinski definition) is 5. The number of aryl methyl sites for hydroxylation is 1. The van der Waals surface area contributed by atoms with Crippen molar-refractivity contribution in [2.24, 2.45) is 0 Å². The van der Waals surface area contributed by atoms with Crippen molar-refractivity contribution in [2.45, 2.75) is 44.1 Å². The van der Waals surface area contributed by atoms with Gasteiger partial charge in [0.05, 0.1) is 22.5 Å². The van der Waals surface area contributed by atoms with Crippen molar-refractivity contribution >= 4 is 28.3 Å². The molecule has 3 aromatic rings. The summed E-state index contributed by atoms with van der Waals surface area (Å²) < 4.78 is 42.9. The fraction of sp³-hybridized carbons (Fsp3) is 0.375. The molecule has 9 heteroatoms. The topological polar surface area (TPSA) is 78.4 Å². The van der Waals surface area contributed by atoms with E-state index in [4.69, 9.17) is 5.11 Å². The molecule has 0 radical (unpaired) electrons. The van der Waals surface area contributed by atoms with E-state index in [0.29, 0.717) is 22.5 Å². The third-order valence-corrected chi connectivity index (χ3v) is 6.71. The fourth-order valence-corrected chi connectivity index (χ4v) is 4.74. The summed E-state index contributed by atoms with van der Waals surface area (Å²) in [7, 11) is 1.76. The highest BCUT2D eigenvalue weighted by Crippen LogP contribution is 2.57. The first-order chi connectivity index (χ1) is 15.6. The van der Waals surface area contributed by atoms with E-state index in [-0.39, 0.29) is 11.5 Å². The predicted octanol–water partition coefficient (Wildman–Crippen LogP) is 4.34. The van der Waals surface area contributed by atoms with Gasteiger partial charge in [-0.2, -0.15) is 8.78 Å². The van der Waals surface area contributed by atoms with Gasteiger partial charge in [-0.25, -0.2) is 14.4 Å².